The Hall–Kier alpha value is -1.58. The average Bonchev–Trinajstić information content (AvgIpc) is 3.00. The number of nitrogens with one attached hydrogen (secondary N) is 1. The zero-order valence-electron chi connectivity index (χ0n) is 10.0. The predicted octanol–water partition coefficient (Wildman–Crippen LogP) is 1.75. The number of carbonyl (C=O) groups is 1. The Bertz CT molecular complexity index is 446. The lowest BCUT2D eigenvalue weighted by atomic mass is 10.1. The molecule has 1 saturated heterocycles. The number of aromatic nitrogens is 1. The molecule has 2 bridgehead atoms. The molecule has 1 saturated carbocycles. The Morgan fingerprint density at radius 2 is 2.41 bits per heavy atom. The van der Waals surface area contributed by atoms with E-state index in [2.05, 4.69) is 10.3 Å². The zero-order chi connectivity index (χ0) is 11.8. The number of pyridine rings is 1. The van der Waals surface area contributed by atoms with Gasteiger partial charge in [-0.05, 0) is 37.3 Å². The Morgan fingerprint density at radius 1 is 1.53 bits per heavy atom. The van der Waals surface area contributed by atoms with Crippen LogP contribution in [-0.2, 0) is 0 Å². The molecule has 2 heterocycles. The van der Waals surface area contributed by atoms with Gasteiger partial charge < -0.3 is 10.2 Å². The van der Waals surface area contributed by atoms with Gasteiger partial charge in [0.1, 0.15) is 5.82 Å². The van der Waals surface area contributed by atoms with Crippen LogP contribution in [-0.4, -0.2) is 35.4 Å². The SMILES string of the molecule is CNc1ncccc1C(=O)N1CC2CCC1C2. The molecule has 2 aliphatic rings. The van der Waals surface area contributed by atoms with Gasteiger partial charge in [0, 0.05) is 25.8 Å². The minimum Gasteiger partial charge on any atom is -0.372 e. The van der Waals surface area contributed by atoms with Crippen molar-refractivity contribution >= 4 is 11.7 Å². The smallest absolute Gasteiger partial charge is 0.257 e. The highest BCUT2D eigenvalue weighted by atomic mass is 16.2. The molecule has 3 rings (SSSR count). The Labute approximate surface area is 101 Å². The van der Waals surface area contributed by atoms with Crippen molar-refractivity contribution in [3.63, 3.8) is 0 Å². The summed E-state index contributed by atoms with van der Waals surface area (Å²) in [6, 6.07) is 4.15. The second-order valence-electron chi connectivity index (χ2n) is 4.94. The van der Waals surface area contributed by atoms with Gasteiger partial charge in [-0.1, -0.05) is 0 Å². The van der Waals surface area contributed by atoms with Gasteiger partial charge in [-0.3, -0.25) is 4.79 Å². The van der Waals surface area contributed by atoms with Crippen molar-refractivity contribution in [1.29, 1.82) is 0 Å². The van der Waals surface area contributed by atoms with Crippen LogP contribution >= 0.6 is 0 Å². The number of likely N-dealkylation sites (tertiary alicyclic amines) is 1. The number of hydrogen-bond donors (Lipinski definition) is 1. The van der Waals surface area contributed by atoms with Crippen LogP contribution in [0.2, 0.25) is 0 Å². The summed E-state index contributed by atoms with van der Waals surface area (Å²) >= 11 is 0. The number of nitrogens with zero attached hydrogens (tertiary/aromatic N) is 2. The normalized spacial score (nSPS) is 26.3. The lowest BCUT2D eigenvalue weighted by molar-refractivity contribution is 0.0704. The molecule has 2 unspecified atom stereocenters. The lowest BCUT2D eigenvalue weighted by Crippen LogP contribution is -2.38. The van der Waals surface area contributed by atoms with Gasteiger partial charge in [0.05, 0.1) is 5.56 Å². The third kappa shape index (κ3) is 1.68. The number of amides is 1. The van der Waals surface area contributed by atoms with Crippen molar-refractivity contribution in [3.05, 3.63) is 23.9 Å². The molecule has 1 aliphatic carbocycles. The maximum Gasteiger partial charge on any atom is 0.257 e. The van der Waals surface area contributed by atoms with Crippen molar-refractivity contribution in [2.24, 2.45) is 5.92 Å². The van der Waals surface area contributed by atoms with Crippen LogP contribution in [0.1, 0.15) is 29.6 Å². The summed E-state index contributed by atoms with van der Waals surface area (Å²) in [7, 11) is 1.80. The van der Waals surface area contributed by atoms with E-state index in [0.717, 1.165) is 12.5 Å². The summed E-state index contributed by atoms with van der Waals surface area (Å²) in [5.41, 5.74) is 0.697. The molecular weight excluding hydrogens is 214 g/mol. The summed E-state index contributed by atoms with van der Waals surface area (Å²) in [5, 5.41) is 2.99. The largest absolute Gasteiger partial charge is 0.372 e. The van der Waals surface area contributed by atoms with E-state index in [0.29, 0.717) is 17.4 Å². The fourth-order valence-electron chi connectivity index (χ4n) is 3.11. The maximum absolute atomic E-state index is 12.5. The third-order valence-corrected chi connectivity index (χ3v) is 3.95. The molecule has 0 aromatic carbocycles. The van der Waals surface area contributed by atoms with Gasteiger partial charge in [0.2, 0.25) is 0 Å². The van der Waals surface area contributed by atoms with Crippen molar-refractivity contribution in [1.82, 2.24) is 9.88 Å². The molecule has 4 heteroatoms. The molecule has 90 valence electrons. The zero-order valence-corrected chi connectivity index (χ0v) is 10.0. The fraction of sp³-hybridized carbons (Fsp3) is 0.538. The van der Waals surface area contributed by atoms with Gasteiger partial charge >= 0.3 is 0 Å². The first-order chi connectivity index (χ1) is 8.29. The molecule has 2 atom stereocenters. The first-order valence-electron chi connectivity index (χ1n) is 6.23. The Kier molecular flexibility index (Phi) is 2.50. The fourth-order valence-corrected chi connectivity index (χ4v) is 3.11. The second kappa shape index (κ2) is 4.02. The van der Waals surface area contributed by atoms with Gasteiger partial charge in [-0.25, -0.2) is 4.98 Å². The van der Waals surface area contributed by atoms with Crippen molar-refractivity contribution < 1.29 is 4.79 Å². The van der Waals surface area contributed by atoms with E-state index in [-0.39, 0.29) is 5.91 Å². The van der Waals surface area contributed by atoms with Gasteiger partial charge in [-0.2, -0.15) is 0 Å². The quantitative estimate of drug-likeness (QED) is 0.843. The monoisotopic (exact) mass is 231 g/mol. The van der Waals surface area contributed by atoms with Crippen LogP contribution in [0.25, 0.3) is 0 Å². The lowest BCUT2D eigenvalue weighted by Gasteiger charge is -2.27. The van der Waals surface area contributed by atoms with E-state index >= 15 is 0 Å². The van der Waals surface area contributed by atoms with Crippen molar-refractivity contribution in [2.75, 3.05) is 18.9 Å². The molecule has 0 spiro atoms. The van der Waals surface area contributed by atoms with E-state index in [1.54, 1.807) is 13.2 Å². The van der Waals surface area contributed by atoms with E-state index in [9.17, 15) is 4.79 Å². The molecule has 2 fully saturated rings. The molecule has 0 radical (unpaired) electrons. The summed E-state index contributed by atoms with van der Waals surface area (Å²) in [5.74, 6) is 1.55. The van der Waals surface area contributed by atoms with Gasteiger partial charge in [-0.15, -0.1) is 0 Å². The first kappa shape index (κ1) is 10.6. The minimum atomic E-state index is 0.134. The predicted molar refractivity (Wildman–Crippen MR) is 65.9 cm³/mol. The van der Waals surface area contributed by atoms with Crippen LogP contribution in [0.15, 0.2) is 18.3 Å². The Morgan fingerprint density at radius 3 is 3.06 bits per heavy atom. The van der Waals surface area contributed by atoms with Crippen LogP contribution in [0.4, 0.5) is 5.82 Å². The molecule has 1 amide bonds. The molecule has 1 aliphatic heterocycles. The molecule has 17 heavy (non-hydrogen) atoms. The van der Waals surface area contributed by atoms with E-state index in [1.807, 2.05) is 17.0 Å². The number of rotatable bonds is 2. The standard InChI is InChI=1S/C13H17N3O/c1-14-12-11(3-2-6-15-12)13(17)16-8-9-4-5-10(16)7-9/h2-3,6,9-10H,4-5,7-8H2,1H3,(H,14,15). The van der Waals surface area contributed by atoms with Crippen LogP contribution in [0.5, 0.6) is 0 Å². The first-order valence-corrected chi connectivity index (χ1v) is 6.23. The van der Waals surface area contributed by atoms with Crippen LogP contribution in [0.3, 0.4) is 0 Å². The number of carbonyl (C=O) groups excluding carboxylic acids is 1. The van der Waals surface area contributed by atoms with Gasteiger partial charge in [0.15, 0.2) is 0 Å². The summed E-state index contributed by atoms with van der Waals surface area (Å²) in [4.78, 5) is 18.7. The van der Waals surface area contributed by atoms with E-state index in [4.69, 9.17) is 0 Å². The number of piperidine rings is 1. The highest BCUT2D eigenvalue weighted by Gasteiger charge is 2.40. The third-order valence-electron chi connectivity index (χ3n) is 3.95. The van der Waals surface area contributed by atoms with Crippen molar-refractivity contribution in [2.45, 2.75) is 25.3 Å². The summed E-state index contributed by atoms with van der Waals surface area (Å²) in [6.45, 7) is 0.932. The molecule has 4 nitrogen and oxygen atoms in total. The molecule has 1 aromatic rings. The number of fused-ring (bicyclic) bond motifs is 2. The van der Waals surface area contributed by atoms with Crippen LogP contribution < -0.4 is 5.32 Å². The van der Waals surface area contributed by atoms with Gasteiger partial charge in [0.25, 0.3) is 5.91 Å². The van der Waals surface area contributed by atoms with E-state index < -0.39 is 0 Å². The highest BCUT2D eigenvalue weighted by Crippen LogP contribution is 2.38. The second-order valence-corrected chi connectivity index (χ2v) is 4.94. The van der Waals surface area contributed by atoms with Crippen molar-refractivity contribution in [3.8, 4) is 0 Å². The van der Waals surface area contributed by atoms with E-state index in [1.165, 1.54) is 19.3 Å². The summed E-state index contributed by atoms with van der Waals surface area (Å²) < 4.78 is 0. The number of anilines is 1. The maximum atomic E-state index is 12.5. The number of hydrogen-bond acceptors (Lipinski definition) is 3. The highest BCUT2D eigenvalue weighted by molar-refractivity contribution is 5.99. The molecule has 1 aromatic heterocycles. The van der Waals surface area contributed by atoms with Crippen LogP contribution in [0, 0.1) is 5.92 Å². The summed E-state index contributed by atoms with van der Waals surface area (Å²) in [6.07, 6.45) is 5.37. The Balaban J connectivity index is 1.86. The topological polar surface area (TPSA) is 45.2 Å². The minimum absolute atomic E-state index is 0.134. The molecular formula is C13H17N3O. The average molecular weight is 231 g/mol. The molecule has 1 N–H and O–H groups in total.